The number of esters is 8. The summed E-state index contributed by atoms with van der Waals surface area (Å²) in [6.45, 7) is 34.5. The lowest BCUT2D eigenvalue weighted by Crippen LogP contribution is -2.55. The lowest BCUT2D eigenvalue weighted by Gasteiger charge is -2.26. The molecule has 1 aliphatic carbocycles. The van der Waals surface area contributed by atoms with E-state index in [1.54, 1.807) is 178 Å². The van der Waals surface area contributed by atoms with Gasteiger partial charge in [-0.1, -0.05) is 48.5 Å². The first-order valence-electron chi connectivity index (χ1n) is 43.0. The monoisotopic (exact) mass is 1820 g/mol. The second-order valence-corrected chi connectivity index (χ2v) is 38.9. The first kappa shape index (κ1) is 111. The second-order valence-electron chi connectivity index (χ2n) is 38.9. The minimum absolute atomic E-state index is 0.276. The van der Waals surface area contributed by atoms with Crippen molar-refractivity contribution >= 4 is 113 Å². The molecule has 11 amide bonds. The van der Waals surface area contributed by atoms with Gasteiger partial charge in [-0.15, -0.1) is 0 Å². The zero-order valence-electron chi connectivity index (χ0n) is 79.1. The topological polar surface area (TPSA) is 540 Å². The van der Waals surface area contributed by atoms with E-state index in [4.69, 9.17) is 42.6 Å². The van der Waals surface area contributed by atoms with Crippen LogP contribution in [0.25, 0.3) is 11.1 Å². The Balaban J connectivity index is 2.17. The lowest BCUT2D eigenvalue weighted by atomic mass is 9.98. The van der Waals surface area contributed by atoms with Gasteiger partial charge in [0.15, 0.2) is 0 Å². The Hall–Kier alpha value is -11.8. The molecule has 0 aliphatic heterocycles. The zero-order chi connectivity index (χ0) is 98.1. The molecule has 0 heterocycles. The summed E-state index contributed by atoms with van der Waals surface area (Å²) in [7, 11) is 0. The number of alkyl carbamates (subject to hydrolysis) is 1. The number of hydrogen-bond acceptors (Lipinski definition) is 28. The van der Waals surface area contributed by atoms with Gasteiger partial charge < -0.3 is 101 Å². The van der Waals surface area contributed by atoms with Crippen molar-refractivity contribution in [2.45, 2.75) is 349 Å². The number of nitrogens with one attached hydrogen (secondary N) is 11. The van der Waals surface area contributed by atoms with Crippen molar-refractivity contribution in [2.75, 3.05) is 32.8 Å². The zero-order valence-corrected chi connectivity index (χ0v) is 79.1. The number of carbonyl (C=O) groups is 19. The number of carbonyl (C=O) groups excluding carboxylic acids is 19. The van der Waals surface area contributed by atoms with E-state index in [0.29, 0.717) is 0 Å². The Morgan fingerprint density at radius 3 is 0.767 bits per heavy atom. The SMILES string of the molecule is CC(C)(C)OC(=O)CCC(NC(=O)CNC(=O)CCC(NC(=O)CCC(NC(=O)OCC1c2ccccc2-c2ccccc21)C(=O)NC(CCC(=O)NCC(=O)NC(CCC(=O)OC(C)(C)C)C(=O)OC(C)(C)C)C(=O)NCC(=O)NC(CCC(=O)OC(C)(C)C)C(=O)OC(C)(C)C)C(=O)NCC(=O)NC(CCC(=O)OC(C)(C)C)C(=O)OC(C)(C)C)C(=O)OC(C)(C)C. The number of fused-ring (bicyclic) bond motifs is 3. The molecule has 39 heteroatoms. The molecule has 720 valence electrons. The van der Waals surface area contributed by atoms with Gasteiger partial charge in [0.2, 0.25) is 59.1 Å². The highest BCUT2D eigenvalue weighted by molar-refractivity contribution is 5.97. The maximum absolute atomic E-state index is 15.1. The number of hydrogen-bond donors (Lipinski definition) is 11. The van der Waals surface area contributed by atoms with Gasteiger partial charge in [-0.3, -0.25) is 67.1 Å². The molecular weight excluding hydrogens is 1680 g/mol. The summed E-state index contributed by atoms with van der Waals surface area (Å²) in [5.41, 5.74) is -4.63. The van der Waals surface area contributed by atoms with E-state index in [0.717, 1.165) is 22.3 Å². The minimum Gasteiger partial charge on any atom is -0.460 e. The third-order valence-corrected chi connectivity index (χ3v) is 17.3. The molecule has 39 nitrogen and oxygen atoms in total. The Labute approximate surface area is 754 Å². The van der Waals surface area contributed by atoms with Gasteiger partial charge in [-0.25, -0.2) is 24.0 Å². The molecule has 0 saturated carbocycles. The van der Waals surface area contributed by atoms with Gasteiger partial charge in [-0.2, -0.15) is 0 Å². The first-order chi connectivity index (χ1) is 59.2. The Bertz CT molecular complexity index is 4250. The molecule has 129 heavy (non-hydrogen) atoms. The molecule has 2 aromatic rings. The van der Waals surface area contributed by atoms with E-state index in [1.165, 1.54) is 0 Å². The Kier molecular flexibility index (Phi) is 42.9. The largest absolute Gasteiger partial charge is 0.460 e. The maximum Gasteiger partial charge on any atom is 0.407 e. The van der Waals surface area contributed by atoms with E-state index in [9.17, 15) is 86.3 Å². The summed E-state index contributed by atoms with van der Waals surface area (Å²) in [6.07, 6.45) is -8.18. The van der Waals surface area contributed by atoms with Gasteiger partial charge in [-0.05, 0) is 233 Å². The van der Waals surface area contributed by atoms with Gasteiger partial charge in [0.25, 0.3) is 0 Å². The van der Waals surface area contributed by atoms with Crippen LogP contribution >= 0.6 is 0 Å². The third kappa shape index (κ3) is 47.7. The van der Waals surface area contributed by atoms with Crippen molar-refractivity contribution in [1.29, 1.82) is 0 Å². The molecule has 1 aliphatic rings. The molecule has 3 rings (SSSR count). The predicted octanol–water partition coefficient (Wildman–Crippen LogP) is 5.46. The summed E-state index contributed by atoms with van der Waals surface area (Å²) in [5.74, 6) is -17.6. The average molecular weight is 1820 g/mol. The highest BCUT2D eigenvalue weighted by Gasteiger charge is 2.38. The van der Waals surface area contributed by atoms with Crippen LogP contribution in [-0.2, 0) is 129 Å². The van der Waals surface area contributed by atoms with Crippen molar-refractivity contribution in [2.24, 2.45) is 0 Å². The van der Waals surface area contributed by atoms with Crippen LogP contribution in [0.15, 0.2) is 48.5 Å². The molecule has 0 saturated heterocycles. The van der Waals surface area contributed by atoms with Crippen LogP contribution < -0.4 is 58.5 Å². The van der Waals surface area contributed by atoms with Gasteiger partial charge in [0.05, 0.1) is 26.2 Å². The summed E-state index contributed by atoms with van der Waals surface area (Å²) < 4.78 is 49.4. The predicted molar refractivity (Wildman–Crippen MR) is 467 cm³/mol. The molecule has 0 aromatic heterocycles. The fraction of sp³-hybridized carbons (Fsp3) is 0.656. The summed E-state index contributed by atoms with van der Waals surface area (Å²) in [5, 5.41) is 26.5. The molecule has 0 radical (unpaired) electrons. The van der Waals surface area contributed by atoms with E-state index in [1.807, 2.05) is 36.4 Å². The fourth-order valence-corrected chi connectivity index (χ4v) is 12.2. The fourth-order valence-electron chi connectivity index (χ4n) is 12.2. The standard InChI is InChI=1S/C90H137N11O28/c1-83(2,3)122-71(109)43-36-60(78(116)126-87(13,14)15)96-67(105)47-91-64(102)40-33-57(75(113)93-49-69(107)98-62(80(118)128-89(19,20)21)38-45-73(111)124-85(7,8)9)95-66(104)42-35-59(101-82(120)121-51-56-54-31-27-25-29-52(54)53-30-26-28-32-55(53)56)77(115)100-58(76(114)94-50-70(108)99-63(81(119)129-90(22,23)24)39-46-74(112)125-86(10,11)12)34-41-65(103)92-48-68(106)97-61(79(117)127-88(16,17)18)37-44-72(110)123-84(4,5)6/h25-32,56-63H,33-51H2,1-24H3,(H,91,102)(H,92,103)(H,93,113)(H,94,114)(H,95,104)(H,96,105)(H,97,106)(H,98,107)(H,99,108)(H,100,115)(H,101,120). The van der Waals surface area contributed by atoms with E-state index < -0.39 is 271 Å². The maximum atomic E-state index is 15.1. The Morgan fingerprint density at radius 2 is 0.488 bits per heavy atom. The first-order valence-corrected chi connectivity index (χ1v) is 43.0. The lowest BCUT2D eigenvalue weighted by molar-refractivity contribution is -0.161. The van der Waals surface area contributed by atoms with E-state index in [-0.39, 0.29) is 58.0 Å². The molecule has 0 bridgehead atoms. The van der Waals surface area contributed by atoms with Crippen molar-refractivity contribution in [3.05, 3.63) is 59.7 Å². The number of benzene rings is 2. The molecular formula is C90H137N11O28. The highest BCUT2D eigenvalue weighted by atomic mass is 16.6. The average Bonchev–Trinajstić information content (AvgIpc) is 1.61. The van der Waals surface area contributed by atoms with Gasteiger partial charge in [0.1, 0.15) is 93.7 Å². The van der Waals surface area contributed by atoms with E-state index >= 15 is 4.79 Å². The molecule has 2 aromatic carbocycles. The molecule has 7 atom stereocenters. The van der Waals surface area contributed by atoms with Gasteiger partial charge >= 0.3 is 53.8 Å². The van der Waals surface area contributed by atoms with Crippen molar-refractivity contribution in [3.8, 4) is 11.1 Å². The summed E-state index contributed by atoms with van der Waals surface area (Å²) >= 11 is 0. The summed E-state index contributed by atoms with van der Waals surface area (Å²) in [6, 6.07) is 3.22. The molecule has 11 N–H and O–H groups in total. The smallest absolute Gasteiger partial charge is 0.407 e. The van der Waals surface area contributed by atoms with Crippen LogP contribution in [0, 0.1) is 0 Å². The van der Waals surface area contributed by atoms with Crippen LogP contribution in [0.3, 0.4) is 0 Å². The minimum atomic E-state index is -1.93. The second kappa shape index (κ2) is 49.6. The third-order valence-electron chi connectivity index (χ3n) is 17.3. The Morgan fingerprint density at radius 1 is 0.256 bits per heavy atom. The van der Waals surface area contributed by atoms with Crippen LogP contribution in [-0.4, -0.2) is 233 Å². The van der Waals surface area contributed by atoms with E-state index in [2.05, 4.69) is 58.5 Å². The summed E-state index contributed by atoms with van der Waals surface area (Å²) in [4.78, 5) is 260. The molecule has 0 spiro atoms. The van der Waals surface area contributed by atoms with Crippen LogP contribution in [0.5, 0.6) is 0 Å². The van der Waals surface area contributed by atoms with Crippen molar-refractivity contribution in [1.82, 2.24) is 58.5 Å². The van der Waals surface area contributed by atoms with Crippen LogP contribution in [0.1, 0.15) is 273 Å². The van der Waals surface area contributed by atoms with Crippen LogP contribution in [0.2, 0.25) is 0 Å². The normalized spacial score (nSPS) is 13.9. The van der Waals surface area contributed by atoms with Gasteiger partial charge in [0, 0.05) is 50.9 Å². The quantitative estimate of drug-likeness (QED) is 0.0289. The van der Waals surface area contributed by atoms with Crippen molar-refractivity contribution < 1.29 is 134 Å². The van der Waals surface area contributed by atoms with Crippen molar-refractivity contribution in [3.63, 3.8) is 0 Å². The number of ether oxygens (including phenoxy) is 9. The number of amides is 11. The number of rotatable bonds is 45. The highest BCUT2D eigenvalue weighted by Crippen LogP contribution is 2.44. The molecule has 0 fully saturated rings. The molecule has 7 unspecified atom stereocenters. The van der Waals surface area contributed by atoms with Crippen LogP contribution in [0.4, 0.5) is 4.79 Å².